The van der Waals surface area contributed by atoms with E-state index >= 15 is 0 Å². The Balaban J connectivity index is 0.00000127. The zero-order chi connectivity index (χ0) is 49.5. The van der Waals surface area contributed by atoms with E-state index in [1.54, 1.807) is 11.0 Å². The molecular formula is C53H59ClN6O8S2. The van der Waals surface area contributed by atoms with E-state index in [1.807, 2.05) is 74.6 Å². The van der Waals surface area contributed by atoms with Gasteiger partial charge in [-0.1, -0.05) is 66.0 Å². The molecule has 1 aliphatic carbocycles. The molecule has 0 bridgehead atoms. The van der Waals surface area contributed by atoms with Gasteiger partial charge in [-0.2, -0.15) is 4.98 Å². The van der Waals surface area contributed by atoms with E-state index in [2.05, 4.69) is 50.7 Å². The number of oxazole rings is 1. The molecule has 1 spiro atoms. The van der Waals surface area contributed by atoms with Gasteiger partial charge in [0.05, 0.1) is 16.6 Å². The lowest BCUT2D eigenvalue weighted by Gasteiger charge is -2.40. The number of aliphatic hydroxyl groups is 1. The van der Waals surface area contributed by atoms with E-state index in [1.165, 1.54) is 11.1 Å². The van der Waals surface area contributed by atoms with Crippen LogP contribution in [0.3, 0.4) is 0 Å². The summed E-state index contributed by atoms with van der Waals surface area (Å²) in [5.41, 5.74) is 7.46. The van der Waals surface area contributed by atoms with Crippen molar-refractivity contribution >= 4 is 98.6 Å². The summed E-state index contributed by atoms with van der Waals surface area (Å²) in [7, 11) is 4.75. The van der Waals surface area contributed by atoms with Crippen molar-refractivity contribution in [2.45, 2.75) is 80.7 Å². The number of allylic oxidation sites excluding steroid dienone is 1. The molecule has 14 nitrogen and oxygen atoms in total. The average molecular weight is 1010 g/mol. The molecule has 4 aromatic carbocycles. The van der Waals surface area contributed by atoms with Crippen LogP contribution in [0.25, 0.3) is 32.3 Å². The molecule has 3 aliphatic heterocycles. The number of piperidine rings is 2. The van der Waals surface area contributed by atoms with Gasteiger partial charge >= 0.3 is 5.97 Å². The van der Waals surface area contributed by atoms with Crippen LogP contribution < -0.4 is 25.2 Å². The number of ether oxygens (including phenoxy) is 1. The van der Waals surface area contributed by atoms with Gasteiger partial charge in [0.25, 0.3) is 11.9 Å². The predicted molar refractivity (Wildman–Crippen MR) is 281 cm³/mol. The van der Waals surface area contributed by atoms with Crippen LogP contribution in [0.4, 0.5) is 17.4 Å². The Morgan fingerprint density at radius 3 is 2.54 bits per heavy atom. The minimum absolute atomic E-state index is 0.0234. The first kappa shape index (κ1) is 50.6. The van der Waals surface area contributed by atoms with Crippen molar-refractivity contribution in [1.82, 2.24) is 14.6 Å². The quantitative estimate of drug-likeness (QED) is 0.0385. The second-order valence-electron chi connectivity index (χ2n) is 17.9. The number of anilines is 3. The molecule has 4 aliphatic rings. The number of fused-ring (bicyclic) bond motifs is 1. The number of aldehydes is 2. The van der Waals surface area contributed by atoms with Gasteiger partial charge in [-0.05, 0) is 130 Å². The molecule has 2 atom stereocenters. The van der Waals surface area contributed by atoms with Gasteiger partial charge in [-0.25, -0.2) is 9.10 Å². The Morgan fingerprint density at radius 1 is 1.06 bits per heavy atom. The van der Waals surface area contributed by atoms with Crippen LogP contribution >= 0.6 is 34.9 Å². The molecule has 1 saturated carbocycles. The summed E-state index contributed by atoms with van der Waals surface area (Å²) in [5, 5.41) is 25.5. The molecule has 368 valence electrons. The van der Waals surface area contributed by atoms with Gasteiger partial charge in [0.1, 0.15) is 23.4 Å². The van der Waals surface area contributed by atoms with E-state index in [0.717, 1.165) is 127 Å². The molecule has 3 fully saturated rings. The number of nitrogens with zero attached hydrogens (tertiary/aromatic N) is 4. The van der Waals surface area contributed by atoms with Crippen LogP contribution in [-0.4, -0.2) is 109 Å². The molecule has 4 N–H and O–H groups in total. The Morgan fingerprint density at radius 2 is 1.83 bits per heavy atom. The zero-order valence-electron chi connectivity index (χ0n) is 39.6. The molecule has 2 saturated heterocycles. The first-order valence-electron chi connectivity index (χ1n) is 23.6. The van der Waals surface area contributed by atoms with Gasteiger partial charge in [0.15, 0.2) is 22.5 Å². The maximum Gasteiger partial charge on any atom is 0.349 e. The van der Waals surface area contributed by atoms with Crippen molar-refractivity contribution in [3.8, 4) is 16.2 Å². The molecule has 5 heterocycles. The number of halogens is 1. The largest absolute Gasteiger partial charge is 0.483 e. The summed E-state index contributed by atoms with van der Waals surface area (Å²) in [6.07, 6.45) is 10.6. The highest BCUT2D eigenvalue weighted by Crippen LogP contribution is 2.53. The Labute approximate surface area is 421 Å². The van der Waals surface area contributed by atoms with Crippen LogP contribution in [0.1, 0.15) is 88.4 Å². The van der Waals surface area contributed by atoms with E-state index < -0.39 is 12.0 Å². The fraction of sp³-hybridized carbons (Fsp3) is 0.377. The van der Waals surface area contributed by atoms with Crippen LogP contribution in [0.2, 0.25) is 5.02 Å². The number of aromatic carboxylic acids is 1. The van der Waals surface area contributed by atoms with E-state index in [0.29, 0.717) is 41.5 Å². The van der Waals surface area contributed by atoms with Crippen molar-refractivity contribution in [2.24, 2.45) is 0 Å². The van der Waals surface area contributed by atoms with Crippen molar-refractivity contribution < 1.29 is 38.5 Å². The fourth-order valence-electron chi connectivity index (χ4n) is 10.0. The fourth-order valence-corrected chi connectivity index (χ4v) is 12.7. The number of aliphatic hydroxyl groups excluding tert-OH is 1. The lowest BCUT2D eigenvalue weighted by molar-refractivity contribution is -0.110. The maximum absolute atomic E-state index is 13.6. The number of thiophene rings is 1. The first-order chi connectivity index (χ1) is 34.1. The van der Waals surface area contributed by atoms with Crippen LogP contribution in [0.5, 0.6) is 5.75 Å². The third-order valence-corrected chi connectivity index (χ3v) is 16.4. The lowest BCUT2D eigenvalue weighted by Crippen LogP contribution is -2.44. The maximum atomic E-state index is 13.6. The molecule has 70 heavy (non-hydrogen) atoms. The Kier molecular flexibility index (Phi) is 16.3. The monoisotopic (exact) mass is 1010 g/mol. The van der Waals surface area contributed by atoms with Crippen LogP contribution in [0.15, 0.2) is 89.9 Å². The van der Waals surface area contributed by atoms with Crippen LogP contribution in [-0.2, 0) is 15.3 Å². The SMILES string of the molecule is C=CCCC(C=O)N1C(=O)c2cccc3c(C4CCN(c5nc6cc(CSN7CCC(Nc8cccc(-c9sc(C(=O)O)c(OCC=O)c9Cl)c8)CC78CC8)ccc6o5)CC4)ccc1c23.CNC.CO. The number of benzene rings is 4. The van der Waals surface area contributed by atoms with E-state index in [4.69, 9.17) is 30.8 Å². The molecule has 10 rings (SSSR count). The molecule has 2 aromatic heterocycles. The third-order valence-electron chi connectivity index (χ3n) is 13.4. The zero-order valence-corrected chi connectivity index (χ0v) is 42.0. The highest BCUT2D eigenvalue weighted by molar-refractivity contribution is 7.96. The average Bonchev–Trinajstić information content (AvgIpc) is 3.72. The van der Waals surface area contributed by atoms with Crippen molar-refractivity contribution in [2.75, 3.05) is 62.6 Å². The van der Waals surface area contributed by atoms with Crippen LogP contribution in [0, 0.1) is 0 Å². The van der Waals surface area contributed by atoms with E-state index in [-0.39, 0.29) is 39.7 Å². The number of carboxylic acids is 1. The summed E-state index contributed by atoms with van der Waals surface area (Å²) < 4.78 is 14.3. The topological polar surface area (TPSA) is 178 Å². The summed E-state index contributed by atoms with van der Waals surface area (Å²) >= 11 is 9.54. The smallest absolute Gasteiger partial charge is 0.349 e. The minimum atomic E-state index is -1.15. The van der Waals surface area contributed by atoms with Crippen molar-refractivity contribution in [3.05, 3.63) is 112 Å². The molecular weight excluding hydrogens is 948 g/mol. The molecule has 1 amide bonds. The lowest BCUT2D eigenvalue weighted by atomic mass is 9.85. The predicted octanol–water partition coefficient (Wildman–Crippen LogP) is 10.2. The second-order valence-corrected chi connectivity index (χ2v) is 20.3. The van der Waals surface area contributed by atoms with E-state index in [9.17, 15) is 24.3 Å². The number of carboxylic acid groups (broad SMARTS) is 1. The highest BCUT2D eigenvalue weighted by atomic mass is 35.5. The Bertz CT molecular complexity index is 2880. The third kappa shape index (κ3) is 10.3. The Hall–Kier alpha value is -5.75. The van der Waals surface area contributed by atoms with Gasteiger partial charge in [0.2, 0.25) is 0 Å². The minimum Gasteiger partial charge on any atom is -0.483 e. The summed E-state index contributed by atoms with van der Waals surface area (Å²) in [6.45, 7) is 6.08. The second kappa shape index (κ2) is 22.6. The molecule has 0 radical (unpaired) electrons. The number of hydrogen-bond donors (Lipinski definition) is 4. The van der Waals surface area contributed by atoms with Gasteiger partial charge < -0.3 is 39.7 Å². The van der Waals surface area contributed by atoms with Crippen molar-refractivity contribution in [3.63, 3.8) is 0 Å². The summed E-state index contributed by atoms with van der Waals surface area (Å²) in [4.78, 5) is 58.0. The number of nitrogens with one attached hydrogen (secondary N) is 2. The normalized spacial score (nSPS) is 17.7. The molecule has 6 aromatic rings. The highest BCUT2D eigenvalue weighted by Gasteiger charge is 2.52. The standard InChI is InChI=1S/C50H48ClN5O7S2.C2H7N.CH4O/c1-2-3-8-35(28-58)56-40-13-12-36(37-9-5-10-38(42(37)40)47(56)59)31-15-20-54(21-16-31)49-53-39-25-30(11-14-41(39)63-49)29-64-55-22-17-34(27-50(55)18-19-50)52-33-7-4-6-32(26-33)45-43(51)44(62-24-23-57)46(65-45)48(60)61;1-3-2;1-2/h2,4-7,9-14,23,25-26,28,31,34-35,52H,1,3,8,15-22,24,27,29H2,(H,60,61);3H,1-2H3;2H,1H3. The van der Waals surface area contributed by atoms with Gasteiger partial charge in [-0.3, -0.25) is 14.5 Å². The number of carbonyl (C=O) groups excluding carboxylic acids is 3. The number of hydrogen-bond acceptors (Lipinski definition) is 14. The molecule has 2 unspecified atom stereocenters. The molecule has 17 heteroatoms. The van der Waals surface area contributed by atoms with Gasteiger partial charge in [-0.15, -0.1) is 17.9 Å². The number of amides is 1. The number of rotatable bonds is 17. The number of aromatic nitrogens is 1. The van der Waals surface area contributed by atoms with Crippen molar-refractivity contribution in [1.29, 1.82) is 0 Å². The summed E-state index contributed by atoms with van der Waals surface area (Å²) in [5.74, 6) is -0.0843. The summed E-state index contributed by atoms with van der Waals surface area (Å²) in [6, 6.07) is 24.7. The van der Waals surface area contributed by atoms with Gasteiger partial charge in [0, 0.05) is 60.7 Å². The number of carbonyl (C=O) groups is 4. The first-order valence-corrected chi connectivity index (χ1v) is 25.8.